The molecule has 0 saturated carbocycles. The molecule has 20 heavy (non-hydrogen) atoms. The summed E-state index contributed by atoms with van der Waals surface area (Å²) in [5.74, 6) is -0.812. The number of allylic oxidation sites excluding steroid dienone is 1. The fourth-order valence-electron chi connectivity index (χ4n) is 1.59. The topological polar surface area (TPSA) is 46.2 Å². The van der Waals surface area contributed by atoms with Gasteiger partial charge in [-0.1, -0.05) is 42.0 Å². The van der Waals surface area contributed by atoms with E-state index in [0.29, 0.717) is 16.4 Å². The van der Waals surface area contributed by atoms with Crippen LogP contribution >= 0.6 is 23.8 Å². The van der Waals surface area contributed by atoms with E-state index in [0.717, 1.165) is 5.56 Å². The van der Waals surface area contributed by atoms with Crippen molar-refractivity contribution in [2.45, 2.75) is 20.4 Å². The Balaban J connectivity index is 2.53. The first-order valence-corrected chi connectivity index (χ1v) is 6.90. The number of Topliss-reactive ketones (excluding diaryl/α,β-unsaturated/α-hetero) is 1. The molecule has 0 aliphatic carbocycles. The fraction of sp³-hybridized carbons (Fsp3) is 0.267. The number of benzene rings is 1. The smallest absolute Gasteiger partial charge is 0.243 e. The third kappa shape index (κ3) is 5.63. The molecule has 1 N–H and O–H groups in total. The van der Waals surface area contributed by atoms with E-state index in [9.17, 15) is 9.59 Å². The van der Waals surface area contributed by atoms with Gasteiger partial charge in [0, 0.05) is 16.4 Å². The van der Waals surface area contributed by atoms with Crippen LogP contribution in [-0.2, 0) is 16.1 Å². The van der Waals surface area contributed by atoms with Crippen molar-refractivity contribution < 1.29 is 9.59 Å². The van der Waals surface area contributed by atoms with Crippen molar-refractivity contribution in [1.82, 2.24) is 5.32 Å². The Labute approximate surface area is 129 Å². The standard InChI is InChI=1S/C15H16ClNO2S/c1-10(18)14(11(2)20)7-8-15(19)17-9-12-3-5-13(16)6-4-12/h3-8,14H,9H2,1-2H3,(H,17,19)/b8-7-. The molecule has 0 aliphatic heterocycles. The van der Waals surface area contributed by atoms with E-state index in [4.69, 9.17) is 23.8 Å². The first-order valence-electron chi connectivity index (χ1n) is 6.11. The van der Waals surface area contributed by atoms with Crippen LogP contribution in [-0.4, -0.2) is 16.6 Å². The second-order valence-electron chi connectivity index (χ2n) is 4.40. The summed E-state index contributed by atoms with van der Waals surface area (Å²) in [4.78, 5) is 23.5. The van der Waals surface area contributed by atoms with Crippen molar-refractivity contribution in [3.05, 3.63) is 47.0 Å². The van der Waals surface area contributed by atoms with E-state index in [1.54, 1.807) is 19.1 Å². The highest BCUT2D eigenvalue weighted by atomic mass is 35.5. The molecule has 0 radical (unpaired) electrons. The molecule has 0 heterocycles. The van der Waals surface area contributed by atoms with Gasteiger partial charge in [-0.15, -0.1) is 0 Å². The molecule has 1 rings (SSSR count). The van der Waals surface area contributed by atoms with E-state index in [2.05, 4.69) is 5.32 Å². The monoisotopic (exact) mass is 309 g/mol. The Kier molecular flexibility index (Phi) is 6.55. The Morgan fingerprint density at radius 3 is 2.40 bits per heavy atom. The molecule has 1 aromatic carbocycles. The van der Waals surface area contributed by atoms with Crippen molar-refractivity contribution in [3.8, 4) is 0 Å². The molecule has 0 aliphatic rings. The summed E-state index contributed by atoms with van der Waals surface area (Å²) in [6, 6.07) is 7.21. The summed E-state index contributed by atoms with van der Waals surface area (Å²) < 4.78 is 0. The summed E-state index contributed by atoms with van der Waals surface area (Å²) in [7, 11) is 0. The first kappa shape index (κ1) is 16.5. The average Bonchev–Trinajstić information content (AvgIpc) is 2.37. The SMILES string of the molecule is CC(=O)C(/C=C\C(=O)NCc1ccc(Cl)cc1)C(C)=S. The highest BCUT2D eigenvalue weighted by Crippen LogP contribution is 2.09. The lowest BCUT2D eigenvalue weighted by atomic mass is 10.0. The molecule has 0 spiro atoms. The quantitative estimate of drug-likeness (QED) is 0.649. The van der Waals surface area contributed by atoms with Gasteiger partial charge < -0.3 is 5.32 Å². The predicted octanol–water partition coefficient (Wildman–Crippen LogP) is 3.11. The average molecular weight is 310 g/mol. The summed E-state index contributed by atoms with van der Waals surface area (Å²) >= 11 is 10.8. The van der Waals surface area contributed by atoms with E-state index < -0.39 is 5.92 Å². The maximum atomic E-state index is 11.7. The van der Waals surface area contributed by atoms with Crippen LogP contribution in [0.4, 0.5) is 0 Å². The van der Waals surface area contributed by atoms with Crippen molar-refractivity contribution in [2.24, 2.45) is 5.92 Å². The number of hydrogen-bond donors (Lipinski definition) is 1. The molecular weight excluding hydrogens is 294 g/mol. The van der Waals surface area contributed by atoms with Gasteiger partial charge >= 0.3 is 0 Å². The Bertz CT molecular complexity index is 523. The molecule has 5 heteroatoms. The van der Waals surface area contributed by atoms with Gasteiger partial charge in [-0.3, -0.25) is 9.59 Å². The second kappa shape index (κ2) is 7.92. The van der Waals surface area contributed by atoms with Crippen LogP contribution in [0, 0.1) is 5.92 Å². The highest BCUT2D eigenvalue weighted by Gasteiger charge is 2.12. The van der Waals surface area contributed by atoms with Gasteiger partial charge in [0.15, 0.2) is 0 Å². The van der Waals surface area contributed by atoms with Crippen molar-refractivity contribution in [2.75, 3.05) is 0 Å². The van der Waals surface area contributed by atoms with E-state index in [-0.39, 0.29) is 11.7 Å². The Hall–Kier alpha value is -1.52. The fourth-order valence-corrected chi connectivity index (χ4v) is 1.96. The van der Waals surface area contributed by atoms with Crippen LogP contribution in [0.1, 0.15) is 19.4 Å². The van der Waals surface area contributed by atoms with Gasteiger partial charge in [0.05, 0.1) is 5.92 Å². The maximum absolute atomic E-state index is 11.7. The van der Waals surface area contributed by atoms with Gasteiger partial charge in [0.25, 0.3) is 0 Å². The summed E-state index contributed by atoms with van der Waals surface area (Å²) in [5.41, 5.74) is 0.949. The molecule has 0 saturated heterocycles. The van der Waals surface area contributed by atoms with Crippen molar-refractivity contribution >= 4 is 40.4 Å². The Morgan fingerprint density at radius 1 is 1.30 bits per heavy atom. The minimum Gasteiger partial charge on any atom is -0.348 e. The number of carbonyl (C=O) groups excluding carboxylic acids is 2. The number of carbonyl (C=O) groups is 2. The minimum atomic E-state index is -0.480. The zero-order valence-electron chi connectivity index (χ0n) is 11.4. The summed E-state index contributed by atoms with van der Waals surface area (Å²) in [5, 5.41) is 3.38. The molecular formula is C15H16ClNO2S. The third-order valence-corrected chi connectivity index (χ3v) is 3.20. The molecule has 0 fully saturated rings. The Morgan fingerprint density at radius 2 is 1.90 bits per heavy atom. The van der Waals surface area contributed by atoms with Gasteiger partial charge in [-0.05, 0) is 37.6 Å². The number of nitrogens with one attached hydrogen (secondary N) is 1. The maximum Gasteiger partial charge on any atom is 0.243 e. The summed E-state index contributed by atoms with van der Waals surface area (Å²) in [6.45, 7) is 3.55. The van der Waals surface area contributed by atoms with E-state index >= 15 is 0 Å². The number of thiocarbonyl (C=S) groups is 1. The summed E-state index contributed by atoms with van der Waals surface area (Å²) in [6.07, 6.45) is 2.87. The number of hydrogen-bond acceptors (Lipinski definition) is 3. The van der Waals surface area contributed by atoms with Crippen LogP contribution < -0.4 is 5.32 Å². The first-order chi connectivity index (χ1) is 9.40. The molecule has 3 nitrogen and oxygen atoms in total. The largest absolute Gasteiger partial charge is 0.348 e. The van der Waals surface area contributed by atoms with Crippen LogP contribution in [0.2, 0.25) is 5.02 Å². The third-order valence-electron chi connectivity index (χ3n) is 2.70. The highest BCUT2D eigenvalue weighted by molar-refractivity contribution is 7.80. The molecule has 0 aromatic heterocycles. The van der Waals surface area contributed by atoms with Crippen LogP contribution in [0.3, 0.4) is 0 Å². The van der Waals surface area contributed by atoms with Crippen LogP contribution in [0.25, 0.3) is 0 Å². The second-order valence-corrected chi connectivity index (χ2v) is 5.48. The number of amides is 1. The molecule has 1 amide bonds. The lowest BCUT2D eigenvalue weighted by molar-refractivity contribution is -0.117. The van der Waals surface area contributed by atoms with Crippen molar-refractivity contribution in [3.63, 3.8) is 0 Å². The zero-order valence-corrected chi connectivity index (χ0v) is 12.9. The molecule has 1 atom stereocenters. The van der Waals surface area contributed by atoms with Gasteiger partial charge in [-0.2, -0.15) is 0 Å². The lowest BCUT2D eigenvalue weighted by Gasteiger charge is -2.06. The zero-order chi connectivity index (χ0) is 15.1. The van der Waals surface area contributed by atoms with Crippen LogP contribution in [0.5, 0.6) is 0 Å². The molecule has 106 valence electrons. The van der Waals surface area contributed by atoms with E-state index in [1.165, 1.54) is 19.1 Å². The van der Waals surface area contributed by atoms with Gasteiger partial charge in [0.1, 0.15) is 5.78 Å². The molecule has 1 unspecified atom stereocenters. The van der Waals surface area contributed by atoms with E-state index in [1.807, 2.05) is 12.1 Å². The minimum absolute atomic E-state index is 0.0701. The number of rotatable bonds is 6. The molecule has 0 bridgehead atoms. The predicted molar refractivity (Wildman–Crippen MR) is 84.9 cm³/mol. The van der Waals surface area contributed by atoms with Crippen molar-refractivity contribution in [1.29, 1.82) is 0 Å². The van der Waals surface area contributed by atoms with Gasteiger partial charge in [-0.25, -0.2) is 0 Å². The lowest BCUT2D eigenvalue weighted by Crippen LogP contribution is -2.22. The number of ketones is 1. The molecule has 1 aromatic rings. The van der Waals surface area contributed by atoms with Gasteiger partial charge in [0.2, 0.25) is 5.91 Å². The van der Waals surface area contributed by atoms with Crippen LogP contribution in [0.15, 0.2) is 36.4 Å². The number of halogens is 1. The normalized spacial score (nSPS) is 12.2.